The third-order valence-electron chi connectivity index (χ3n) is 3.83. The first-order valence-corrected chi connectivity index (χ1v) is 9.85. The minimum Gasteiger partial charge on any atom is -0.377 e. The third kappa shape index (κ3) is 11.4. The van der Waals surface area contributed by atoms with Crippen LogP contribution in [0.1, 0.15) is 33.1 Å². The van der Waals surface area contributed by atoms with Gasteiger partial charge in [-0.3, -0.25) is 4.99 Å². The van der Waals surface area contributed by atoms with Crippen molar-refractivity contribution >= 4 is 41.7 Å². The van der Waals surface area contributed by atoms with Gasteiger partial charge in [0, 0.05) is 39.3 Å². The SMILES string of the molecule is CN=C(NCCCSC)NC1CCN(CCOC(C)C)CC1.I. The van der Waals surface area contributed by atoms with Gasteiger partial charge < -0.3 is 20.3 Å². The molecule has 0 aromatic carbocycles. The average molecular weight is 458 g/mol. The smallest absolute Gasteiger partial charge is 0.191 e. The van der Waals surface area contributed by atoms with Gasteiger partial charge in [0.2, 0.25) is 0 Å². The highest BCUT2D eigenvalue weighted by Crippen LogP contribution is 2.10. The highest BCUT2D eigenvalue weighted by molar-refractivity contribution is 14.0. The molecule has 1 rings (SSSR count). The summed E-state index contributed by atoms with van der Waals surface area (Å²) in [5.74, 6) is 2.14. The second-order valence-electron chi connectivity index (χ2n) is 6.03. The van der Waals surface area contributed by atoms with E-state index in [1.807, 2.05) is 18.8 Å². The zero-order chi connectivity index (χ0) is 16.2. The third-order valence-corrected chi connectivity index (χ3v) is 4.53. The molecule has 1 heterocycles. The van der Waals surface area contributed by atoms with Gasteiger partial charge in [0.05, 0.1) is 12.7 Å². The number of nitrogens with one attached hydrogen (secondary N) is 2. The maximum atomic E-state index is 5.63. The number of aliphatic imine (C=N–C) groups is 1. The van der Waals surface area contributed by atoms with Crippen LogP contribution in [-0.4, -0.2) is 74.8 Å². The number of likely N-dealkylation sites (tertiary alicyclic amines) is 1. The van der Waals surface area contributed by atoms with E-state index < -0.39 is 0 Å². The first kappa shape index (κ1) is 23.3. The van der Waals surface area contributed by atoms with Gasteiger partial charge in [0.15, 0.2) is 5.96 Å². The van der Waals surface area contributed by atoms with E-state index in [1.165, 1.54) is 25.0 Å². The monoisotopic (exact) mass is 458 g/mol. The van der Waals surface area contributed by atoms with Crippen LogP contribution in [0.2, 0.25) is 0 Å². The van der Waals surface area contributed by atoms with E-state index in [1.54, 1.807) is 0 Å². The van der Waals surface area contributed by atoms with Crippen LogP contribution >= 0.6 is 35.7 Å². The summed E-state index contributed by atoms with van der Waals surface area (Å²) >= 11 is 1.89. The molecular formula is C16H35IN4OS. The van der Waals surface area contributed by atoms with Crippen LogP contribution in [-0.2, 0) is 4.74 Å². The fraction of sp³-hybridized carbons (Fsp3) is 0.938. The van der Waals surface area contributed by atoms with Crippen LogP contribution in [0.15, 0.2) is 4.99 Å². The zero-order valence-electron chi connectivity index (χ0n) is 15.1. The van der Waals surface area contributed by atoms with E-state index in [4.69, 9.17) is 4.74 Å². The molecule has 7 heteroatoms. The second-order valence-corrected chi connectivity index (χ2v) is 7.01. The molecule has 5 nitrogen and oxygen atoms in total. The number of hydrogen-bond donors (Lipinski definition) is 2. The molecule has 0 spiro atoms. The van der Waals surface area contributed by atoms with E-state index in [-0.39, 0.29) is 24.0 Å². The molecule has 0 bridgehead atoms. The van der Waals surface area contributed by atoms with Crippen LogP contribution in [0.4, 0.5) is 0 Å². The first-order chi connectivity index (χ1) is 10.7. The minimum atomic E-state index is 0. The lowest BCUT2D eigenvalue weighted by Crippen LogP contribution is -2.49. The van der Waals surface area contributed by atoms with Crippen molar-refractivity contribution in [1.82, 2.24) is 15.5 Å². The van der Waals surface area contributed by atoms with Gasteiger partial charge in [-0.1, -0.05) is 0 Å². The summed E-state index contributed by atoms with van der Waals surface area (Å²) in [6.07, 6.45) is 6.00. The second kappa shape index (κ2) is 14.6. The molecule has 0 aromatic heterocycles. The molecule has 138 valence electrons. The van der Waals surface area contributed by atoms with Gasteiger partial charge in [-0.2, -0.15) is 11.8 Å². The van der Waals surface area contributed by atoms with E-state index >= 15 is 0 Å². The summed E-state index contributed by atoms with van der Waals surface area (Å²) in [4.78, 5) is 6.82. The zero-order valence-corrected chi connectivity index (χ0v) is 18.3. The molecule has 23 heavy (non-hydrogen) atoms. The highest BCUT2D eigenvalue weighted by atomic mass is 127. The molecular weight excluding hydrogens is 423 g/mol. The van der Waals surface area contributed by atoms with Crippen molar-refractivity contribution in [2.24, 2.45) is 4.99 Å². The number of rotatable bonds is 9. The molecule has 0 aromatic rings. The Labute approximate surface area is 163 Å². The molecule has 0 atom stereocenters. The van der Waals surface area contributed by atoms with Crippen LogP contribution in [0.25, 0.3) is 0 Å². The maximum absolute atomic E-state index is 5.63. The first-order valence-electron chi connectivity index (χ1n) is 8.45. The Balaban J connectivity index is 0.00000484. The highest BCUT2D eigenvalue weighted by Gasteiger charge is 2.19. The van der Waals surface area contributed by atoms with Crippen molar-refractivity contribution in [3.05, 3.63) is 0 Å². The van der Waals surface area contributed by atoms with Gasteiger partial charge in [-0.05, 0) is 45.1 Å². The van der Waals surface area contributed by atoms with E-state index in [0.29, 0.717) is 12.1 Å². The van der Waals surface area contributed by atoms with Crippen LogP contribution in [0.5, 0.6) is 0 Å². The number of nitrogens with zero attached hydrogens (tertiary/aromatic N) is 2. The van der Waals surface area contributed by atoms with Gasteiger partial charge >= 0.3 is 0 Å². The van der Waals surface area contributed by atoms with E-state index in [9.17, 15) is 0 Å². The van der Waals surface area contributed by atoms with Crippen molar-refractivity contribution in [3.8, 4) is 0 Å². The Morgan fingerprint density at radius 2 is 2.04 bits per heavy atom. The predicted molar refractivity (Wildman–Crippen MR) is 113 cm³/mol. The summed E-state index contributed by atoms with van der Waals surface area (Å²) in [5.41, 5.74) is 0. The number of halogens is 1. The topological polar surface area (TPSA) is 48.9 Å². The fourth-order valence-corrected chi connectivity index (χ4v) is 2.96. The lowest BCUT2D eigenvalue weighted by Gasteiger charge is -2.33. The Bertz CT molecular complexity index is 310. The minimum absolute atomic E-state index is 0. The molecule has 1 aliphatic heterocycles. The average Bonchev–Trinajstić information content (AvgIpc) is 2.51. The Morgan fingerprint density at radius 3 is 2.61 bits per heavy atom. The number of piperidine rings is 1. The molecule has 0 amide bonds. The van der Waals surface area contributed by atoms with Gasteiger partial charge in [-0.15, -0.1) is 24.0 Å². The molecule has 0 saturated carbocycles. The molecule has 0 aliphatic carbocycles. The summed E-state index contributed by atoms with van der Waals surface area (Å²) in [6, 6.07) is 0.536. The maximum Gasteiger partial charge on any atom is 0.191 e. The molecule has 1 aliphatic rings. The van der Waals surface area contributed by atoms with Crippen LogP contribution < -0.4 is 10.6 Å². The molecule has 1 fully saturated rings. The van der Waals surface area contributed by atoms with Crippen LogP contribution in [0, 0.1) is 0 Å². The fourth-order valence-electron chi connectivity index (χ4n) is 2.53. The number of guanidine groups is 1. The van der Waals surface area contributed by atoms with Crippen molar-refractivity contribution in [2.75, 3.05) is 51.8 Å². The van der Waals surface area contributed by atoms with E-state index in [0.717, 1.165) is 38.7 Å². The number of ether oxygens (including phenoxy) is 1. The standard InChI is InChI=1S/C16H34N4OS.HI/c1-14(2)21-12-11-20-9-6-15(7-10-20)19-16(17-3)18-8-5-13-22-4;/h14-15H,5-13H2,1-4H3,(H2,17,18,19);1H. The largest absolute Gasteiger partial charge is 0.377 e. The summed E-state index contributed by atoms with van der Waals surface area (Å²) in [5, 5.41) is 6.95. The van der Waals surface area contributed by atoms with Crippen molar-refractivity contribution < 1.29 is 4.74 Å². The Morgan fingerprint density at radius 1 is 1.35 bits per heavy atom. The molecule has 1 saturated heterocycles. The van der Waals surface area contributed by atoms with Crippen molar-refractivity contribution in [3.63, 3.8) is 0 Å². The lowest BCUT2D eigenvalue weighted by atomic mass is 10.1. The lowest BCUT2D eigenvalue weighted by molar-refractivity contribution is 0.0532. The summed E-state index contributed by atoms with van der Waals surface area (Å²) < 4.78 is 5.63. The molecule has 2 N–H and O–H groups in total. The number of hydrogen-bond acceptors (Lipinski definition) is 4. The Kier molecular flexibility index (Phi) is 14.8. The quantitative estimate of drug-likeness (QED) is 0.241. The summed E-state index contributed by atoms with van der Waals surface area (Å²) in [6.45, 7) is 9.35. The normalized spacial score (nSPS) is 17.2. The van der Waals surface area contributed by atoms with Gasteiger partial charge in [-0.25, -0.2) is 0 Å². The predicted octanol–water partition coefficient (Wildman–Crippen LogP) is 2.41. The van der Waals surface area contributed by atoms with Crippen molar-refractivity contribution in [2.45, 2.75) is 45.3 Å². The van der Waals surface area contributed by atoms with Gasteiger partial charge in [0.1, 0.15) is 0 Å². The molecule has 0 radical (unpaired) electrons. The summed E-state index contributed by atoms with van der Waals surface area (Å²) in [7, 11) is 1.85. The molecule has 0 unspecified atom stereocenters. The number of thioether (sulfide) groups is 1. The van der Waals surface area contributed by atoms with Crippen LogP contribution in [0.3, 0.4) is 0 Å². The Hall–Kier alpha value is 0.270. The van der Waals surface area contributed by atoms with E-state index in [2.05, 4.69) is 40.6 Å². The van der Waals surface area contributed by atoms with Crippen molar-refractivity contribution in [1.29, 1.82) is 0 Å². The van der Waals surface area contributed by atoms with Gasteiger partial charge in [0.25, 0.3) is 0 Å².